The van der Waals surface area contributed by atoms with E-state index in [0.29, 0.717) is 6.42 Å². The van der Waals surface area contributed by atoms with Gasteiger partial charge in [-0.2, -0.15) is 5.26 Å². The lowest BCUT2D eigenvalue weighted by molar-refractivity contribution is -0.133. The molecule has 0 saturated heterocycles. The number of nitrogens with zero attached hydrogens (tertiary/aromatic N) is 2. The molecule has 0 bridgehead atoms. The van der Waals surface area contributed by atoms with E-state index in [1.807, 2.05) is 18.2 Å². The number of hydrogen-bond acceptors (Lipinski definition) is 2. The van der Waals surface area contributed by atoms with Crippen LogP contribution < -0.4 is 0 Å². The molecule has 0 aromatic heterocycles. The Morgan fingerprint density at radius 3 is 2.60 bits per heavy atom. The summed E-state index contributed by atoms with van der Waals surface area (Å²) in [5, 5.41) is 8.95. The van der Waals surface area contributed by atoms with Crippen LogP contribution in [0, 0.1) is 11.3 Å². The van der Waals surface area contributed by atoms with Gasteiger partial charge < -0.3 is 4.90 Å². The van der Waals surface area contributed by atoms with Crippen LogP contribution in [0.3, 0.4) is 0 Å². The largest absolute Gasteiger partial charge is 0.326 e. The predicted molar refractivity (Wildman–Crippen MR) is 79.1 cm³/mol. The number of carbonyl (C=O) groups excluding carboxylic acids is 1. The van der Waals surface area contributed by atoms with Gasteiger partial charge in [0, 0.05) is 12.5 Å². The third-order valence-electron chi connectivity index (χ3n) is 4.18. The van der Waals surface area contributed by atoms with E-state index in [-0.39, 0.29) is 24.4 Å². The summed E-state index contributed by atoms with van der Waals surface area (Å²) in [6.45, 7) is 2.30. The smallest absolute Gasteiger partial charge is 0.224 e. The maximum atomic E-state index is 12.5. The lowest BCUT2D eigenvalue weighted by Gasteiger charge is -2.27. The van der Waals surface area contributed by atoms with Gasteiger partial charge in [-0.05, 0) is 24.3 Å². The quantitative estimate of drug-likeness (QED) is 0.769. The van der Waals surface area contributed by atoms with Gasteiger partial charge in [-0.25, -0.2) is 0 Å². The maximum Gasteiger partial charge on any atom is 0.224 e. The Morgan fingerprint density at radius 2 is 2.00 bits per heavy atom. The first-order valence-corrected chi connectivity index (χ1v) is 7.43. The molecule has 106 valence electrons. The van der Waals surface area contributed by atoms with Crippen LogP contribution in [-0.4, -0.2) is 23.4 Å². The first-order chi connectivity index (χ1) is 9.72. The van der Waals surface area contributed by atoms with Gasteiger partial charge in [0.05, 0.1) is 6.07 Å². The minimum atomic E-state index is 0.120. The van der Waals surface area contributed by atoms with Crippen molar-refractivity contribution in [2.24, 2.45) is 0 Å². The van der Waals surface area contributed by atoms with Gasteiger partial charge in [0.2, 0.25) is 5.91 Å². The first-order valence-electron chi connectivity index (χ1n) is 7.43. The standard InChI is InChI=1S/C17H22N2O/c1-14(15-7-3-2-4-8-15)13-17(20)19(12-11-18)16-9-5-6-10-16/h2-4,7-8,14,16H,5-6,9-10,12-13H2,1H3/t14-/m0/s1. The fraction of sp³-hybridized carbons (Fsp3) is 0.529. The molecule has 0 heterocycles. The van der Waals surface area contributed by atoms with Crippen LogP contribution in [0.25, 0.3) is 0 Å². The predicted octanol–water partition coefficient (Wildman–Crippen LogP) is 3.47. The SMILES string of the molecule is C[C@@H](CC(=O)N(CC#N)C1CCCC1)c1ccccc1. The van der Waals surface area contributed by atoms with E-state index in [1.54, 1.807) is 4.90 Å². The second kappa shape index (κ2) is 7.09. The molecule has 1 aliphatic rings. The zero-order valence-electron chi connectivity index (χ0n) is 12.1. The minimum absolute atomic E-state index is 0.120. The van der Waals surface area contributed by atoms with Crippen molar-refractivity contribution >= 4 is 5.91 Å². The number of rotatable bonds is 5. The molecule has 1 amide bonds. The highest BCUT2D eigenvalue weighted by Crippen LogP contribution is 2.26. The lowest BCUT2D eigenvalue weighted by atomic mass is 9.97. The van der Waals surface area contributed by atoms with Gasteiger partial charge in [0.25, 0.3) is 0 Å². The third kappa shape index (κ3) is 3.60. The topological polar surface area (TPSA) is 44.1 Å². The Balaban J connectivity index is 1.99. The van der Waals surface area contributed by atoms with E-state index < -0.39 is 0 Å². The normalized spacial score (nSPS) is 16.6. The molecular formula is C17H22N2O. The first kappa shape index (κ1) is 14.6. The van der Waals surface area contributed by atoms with Crippen molar-refractivity contribution in [3.05, 3.63) is 35.9 Å². The summed E-state index contributed by atoms with van der Waals surface area (Å²) in [6, 6.07) is 12.5. The van der Waals surface area contributed by atoms with Crippen molar-refractivity contribution in [1.29, 1.82) is 5.26 Å². The molecule has 0 N–H and O–H groups in total. The summed E-state index contributed by atoms with van der Waals surface area (Å²) in [4.78, 5) is 14.3. The molecule has 1 aliphatic carbocycles. The molecule has 0 spiro atoms. The molecule has 0 unspecified atom stereocenters. The van der Waals surface area contributed by atoms with Crippen molar-refractivity contribution in [2.75, 3.05) is 6.54 Å². The number of nitriles is 1. The zero-order valence-corrected chi connectivity index (χ0v) is 12.1. The molecule has 0 radical (unpaired) electrons. The van der Waals surface area contributed by atoms with Gasteiger partial charge in [-0.3, -0.25) is 4.79 Å². The molecule has 1 fully saturated rings. The van der Waals surface area contributed by atoms with Crippen molar-refractivity contribution in [3.8, 4) is 6.07 Å². The van der Waals surface area contributed by atoms with Crippen molar-refractivity contribution in [1.82, 2.24) is 4.90 Å². The average molecular weight is 270 g/mol. The fourth-order valence-corrected chi connectivity index (χ4v) is 2.99. The molecule has 20 heavy (non-hydrogen) atoms. The number of amides is 1. The van der Waals surface area contributed by atoms with Crippen molar-refractivity contribution < 1.29 is 4.79 Å². The van der Waals surface area contributed by atoms with Crippen LogP contribution >= 0.6 is 0 Å². The Morgan fingerprint density at radius 1 is 1.35 bits per heavy atom. The molecule has 0 aliphatic heterocycles. The van der Waals surface area contributed by atoms with Crippen molar-refractivity contribution in [3.63, 3.8) is 0 Å². The Kier molecular flexibility index (Phi) is 5.17. The summed E-state index contributed by atoms with van der Waals surface area (Å²) in [6.07, 6.45) is 4.94. The Bertz CT molecular complexity index is 472. The van der Waals surface area contributed by atoms with E-state index in [0.717, 1.165) is 12.8 Å². The summed E-state index contributed by atoms with van der Waals surface area (Å²) >= 11 is 0. The fourth-order valence-electron chi connectivity index (χ4n) is 2.99. The Hall–Kier alpha value is -1.82. The van der Waals surface area contributed by atoms with E-state index >= 15 is 0 Å². The molecule has 3 nitrogen and oxygen atoms in total. The number of carbonyl (C=O) groups is 1. The summed E-state index contributed by atoms with van der Waals surface area (Å²) < 4.78 is 0. The Labute approximate surface area is 121 Å². The third-order valence-corrected chi connectivity index (χ3v) is 4.18. The zero-order chi connectivity index (χ0) is 14.4. The maximum absolute atomic E-state index is 12.5. The molecule has 1 atom stereocenters. The second-order valence-electron chi connectivity index (χ2n) is 5.63. The van der Waals surface area contributed by atoms with E-state index in [1.165, 1.54) is 18.4 Å². The monoisotopic (exact) mass is 270 g/mol. The molecule has 1 aromatic rings. The number of hydrogen-bond donors (Lipinski definition) is 0. The average Bonchev–Trinajstić information content (AvgIpc) is 2.99. The number of benzene rings is 1. The second-order valence-corrected chi connectivity index (χ2v) is 5.63. The highest BCUT2D eigenvalue weighted by molar-refractivity contribution is 5.77. The van der Waals surface area contributed by atoms with Crippen LogP contribution in [0.15, 0.2) is 30.3 Å². The van der Waals surface area contributed by atoms with Crippen LogP contribution in [0.4, 0.5) is 0 Å². The van der Waals surface area contributed by atoms with Crippen molar-refractivity contribution in [2.45, 2.75) is 51.0 Å². The van der Waals surface area contributed by atoms with Crippen LogP contribution in [0.1, 0.15) is 50.5 Å². The van der Waals surface area contributed by atoms with Gasteiger partial charge in [-0.1, -0.05) is 50.1 Å². The minimum Gasteiger partial charge on any atom is -0.326 e. The molecule has 1 saturated carbocycles. The van der Waals surface area contributed by atoms with E-state index in [2.05, 4.69) is 25.1 Å². The van der Waals surface area contributed by atoms with Gasteiger partial charge >= 0.3 is 0 Å². The highest BCUT2D eigenvalue weighted by atomic mass is 16.2. The molecule has 2 rings (SSSR count). The van der Waals surface area contributed by atoms with E-state index in [9.17, 15) is 4.79 Å². The van der Waals surface area contributed by atoms with E-state index in [4.69, 9.17) is 5.26 Å². The summed E-state index contributed by atoms with van der Waals surface area (Å²) in [5.74, 6) is 0.320. The highest BCUT2D eigenvalue weighted by Gasteiger charge is 2.27. The molecule has 3 heteroatoms. The lowest BCUT2D eigenvalue weighted by Crippen LogP contribution is -2.39. The summed E-state index contributed by atoms with van der Waals surface area (Å²) in [7, 11) is 0. The summed E-state index contributed by atoms with van der Waals surface area (Å²) in [5.41, 5.74) is 1.18. The van der Waals surface area contributed by atoms with Crippen LogP contribution in [-0.2, 0) is 4.79 Å². The van der Waals surface area contributed by atoms with Crippen LogP contribution in [0.2, 0.25) is 0 Å². The van der Waals surface area contributed by atoms with Gasteiger partial charge in [0.15, 0.2) is 0 Å². The molecular weight excluding hydrogens is 248 g/mol. The van der Waals surface area contributed by atoms with Crippen LogP contribution in [0.5, 0.6) is 0 Å². The van der Waals surface area contributed by atoms with Gasteiger partial charge in [-0.15, -0.1) is 0 Å². The van der Waals surface area contributed by atoms with Gasteiger partial charge in [0.1, 0.15) is 6.54 Å². The molecule has 1 aromatic carbocycles.